The third kappa shape index (κ3) is 1.36. The van der Waals surface area contributed by atoms with E-state index in [1.807, 2.05) is 0 Å². The van der Waals surface area contributed by atoms with Crippen molar-refractivity contribution in [2.45, 2.75) is 0 Å². The first-order valence-corrected chi connectivity index (χ1v) is 2.93. The van der Waals surface area contributed by atoms with Crippen LogP contribution in [0.2, 0.25) is 0 Å². The van der Waals surface area contributed by atoms with E-state index in [0.717, 1.165) is 0 Å². The molecular formula is C7H5N3O. The molecule has 0 fully saturated rings. The van der Waals surface area contributed by atoms with Gasteiger partial charge in [-0.05, 0) is 16.2 Å². The second-order valence-electron chi connectivity index (χ2n) is 1.96. The fourth-order valence-electron chi connectivity index (χ4n) is 0.760. The molecule has 0 aliphatic heterocycles. The Labute approximate surface area is 63.1 Å². The number of nitrogens with zero attached hydrogens (tertiary/aromatic N) is 3. The van der Waals surface area contributed by atoms with E-state index in [0.29, 0.717) is 11.1 Å². The normalized spacial score (nSPS) is 14.2. The van der Waals surface area contributed by atoms with Crippen LogP contribution in [0.25, 0.3) is 10.4 Å². The first kappa shape index (κ1) is 7.31. The molecule has 0 aromatic carbocycles. The van der Waals surface area contributed by atoms with E-state index >= 15 is 0 Å². The van der Waals surface area contributed by atoms with Gasteiger partial charge in [0, 0.05) is 10.5 Å². The van der Waals surface area contributed by atoms with Crippen molar-refractivity contribution in [3.63, 3.8) is 0 Å². The van der Waals surface area contributed by atoms with Gasteiger partial charge in [0.05, 0.1) is 0 Å². The van der Waals surface area contributed by atoms with E-state index < -0.39 is 5.91 Å². The number of hydrogen-bond acceptors (Lipinski definition) is 1. The molecule has 0 unspecified atom stereocenters. The second-order valence-corrected chi connectivity index (χ2v) is 1.96. The maximum absolute atomic E-state index is 10.9. The summed E-state index contributed by atoms with van der Waals surface area (Å²) in [5.74, 6) is -0.581. The molecule has 1 rings (SSSR count). The van der Waals surface area contributed by atoms with E-state index in [4.69, 9.17) is 5.53 Å². The Bertz CT molecular complexity index is 319. The summed E-state index contributed by atoms with van der Waals surface area (Å²) in [5.41, 5.74) is 8.89. The molecular weight excluding hydrogens is 142 g/mol. The van der Waals surface area contributed by atoms with E-state index in [2.05, 4.69) is 16.6 Å². The molecule has 1 amide bonds. The highest BCUT2D eigenvalue weighted by Crippen LogP contribution is 2.17. The third-order valence-electron chi connectivity index (χ3n) is 1.27. The molecule has 0 heterocycles. The van der Waals surface area contributed by atoms with Crippen LogP contribution in [-0.2, 0) is 4.79 Å². The zero-order valence-electron chi connectivity index (χ0n) is 5.69. The number of azide groups is 1. The third-order valence-corrected chi connectivity index (χ3v) is 1.27. The van der Waals surface area contributed by atoms with Crippen LogP contribution >= 0.6 is 0 Å². The lowest BCUT2D eigenvalue weighted by Gasteiger charge is -1.93. The number of carbonyl (C=O) groups is 1. The van der Waals surface area contributed by atoms with Gasteiger partial charge in [-0.1, -0.05) is 24.8 Å². The van der Waals surface area contributed by atoms with E-state index in [1.54, 1.807) is 18.2 Å². The van der Waals surface area contributed by atoms with Crippen LogP contribution < -0.4 is 0 Å². The van der Waals surface area contributed by atoms with E-state index in [9.17, 15) is 4.79 Å². The van der Waals surface area contributed by atoms with Crippen molar-refractivity contribution in [3.8, 4) is 0 Å². The summed E-state index contributed by atoms with van der Waals surface area (Å²) in [6, 6.07) is 0. The summed E-state index contributed by atoms with van der Waals surface area (Å²) in [5, 5.41) is 2.93. The quantitative estimate of drug-likeness (QED) is 0.317. The van der Waals surface area contributed by atoms with Gasteiger partial charge < -0.3 is 0 Å². The number of amides is 1. The molecule has 54 valence electrons. The molecule has 4 nitrogen and oxygen atoms in total. The van der Waals surface area contributed by atoms with Gasteiger partial charge >= 0.3 is 0 Å². The van der Waals surface area contributed by atoms with Crippen molar-refractivity contribution in [2.24, 2.45) is 5.11 Å². The molecule has 0 radical (unpaired) electrons. The molecule has 0 N–H and O–H groups in total. The molecule has 0 saturated heterocycles. The van der Waals surface area contributed by atoms with Gasteiger partial charge in [0.15, 0.2) is 0 Å². The van der Waals surface area contributed by atoms with E-state index in [1.165, 1.54) is 0 Å². The average Bonchev–Trinajstić information content (AvgIpc) is 2.36. The Morgan fingerprint density at radius 1 is 1.73 bits per heavy atom. The Morgan fingerprint density at radius 2 is 2.45 bits per heavy atom. The summed E-state index contributed by atoms with van der Waals surface area (Å²) >= 11 is 0. The first-order valence-electron chi connectivity index (χ1n) is 2.93. The maximum atomic E-state index is 10.9. The highest BCUT2D eigenvalue weighted by atomic mass is 16.1. The number of hydrogen-bond donors (Lipinski definition) is 0. The fourth-order valence-corrected chi connectivity index (χ4v) is 0.760. The molecule has 0 bridgehead atoms. The lowest BCUT2D eigenvalue weighted by Crippen LogP contribution is -1.95. The van der Waals surface area contributed by atoms with Crippen molar-refractivity contribution in [3.05, 3.63) is 46.4 Å². The van der Waals surface area contributed by atoms with Crippen LogP contribution in [-0.4, -0.2) is 5.91 Å². The van der Waals surface area contributed by atoms with Crippen LogP contribution in [0.4, 0.5) is 0 Å². The van der Waals surface area contributed by atoms with Crippen molar-refractivity contribution >= 4 is 5.91 Å². The lowest BCUT2D eigenvalue weighted by molar-refractivity contribution is -0.114. The molecule has 1 aliphatic rings. The Balaban J connectivity index is 2.87. The van der Waals surface area contributed by atoms with Gasteiger partial charge in [-0.25, -0.2) is 0 Å². The number of rotatable bonds is 1. The Morgan fingerprint density at radius 3 is 2.91 bits per heavy atom. The van der Waals surface area contributed by atoms with Crippen LogP contribution in [0.3, 0.4) is 0 Å². The minimum atomic E-state index is -0.581. The molecule has 0 aromatic rings. The highest BCUT2D eigenvalue weighted by molar-refractivity contribution is 6.00. The van der Waals surface area contributed by atoms with Gasteiger partial charge in [0.1, 0.15) is 0 Å². The largest absolute Gasteiger partial charge is 0.287 e. The van der Waals surface area contributed by atoms with Crippen molar-refractivity contribution in [1.82, 2.24) is 0 Å². The van der Waals surface area contributed by atoms with Gasteiger partial charge in [-0.15, -0.1) is 0 Å². The molecule has 0 saturated carbocycles. The molecule has 0 aromatic heterocycles. The summed E-state index contributed by atoms with van der Waals surface area (Å²) in [4.78, 5) is 13.2. The van der Waals surface area contributed by atoms with Gasteiger partial charge in [-0.3, -0.25) is 4.79 Å². The van der Waals surface area contributed by atoms with Crippen molar-refractivity contribution in [2.75, 3.05) is 0 Å². The van der Waals surface area contributed by atoms with Gasteiger partial charge in [-0.2, -0.15) is 0 Å². The molecule has 11 heavy (non-hydrogen) atoms. The van der Waals surface area contributed by atoms with Gasteiger partial charge in [0.25, 0.3) is 0 Å². The zero-order valence-corrected chi connectivity index (χ0v) is 5.69. The maximum Gasteiger partial charge on any atom is 0.249 e. The zero-order chi connectivity index (χ0) is 8.27. The molecule has 0 atom stereocenters. The first-order chi connectivity index (χ1) is 5.25. The molecule has 0 spiro atoms. The summed E-state index contributed by atoms with van der Waals surface area (Å²) in [7, 11) is 0. The minimum absolute atomic E-state index is 0.364. The summed E-state index contributed by atoms with van der Waals surface area (Å²) < 4.78 is 0. The predicted molar refractivity (Wildman–Crippen MR) is 40.5 cm³/mol. The van der Waals surface area contributed by atoms with Crippen molar-refractivity contribution < 1.29 is 4.79 Å². The molecule has 4 heteroatoms. The summed E-state index contributed by atoms with van der Waals surface area (Å²) in [6.07, 6.45) is 4.93. The van der Waals surface area contributed by atoms with E-state index in [-0.39, 0.29) is 0 Å². The topological polar surface area (TPSA) is 65.8 Å². The van der Waals surface area contributed by atoms with Crippen LogP contribution in [0.5, 0.6) is 0 Å². The average molecular weight is 147 g/mol. The monoisotopic (exact) mass is 147 g/mol. The summed E-state index contributed by atoms with van der Waals surface area (Å²) in [6.45, 7) is 3.58. The number of carbonyl (C=O) groups excluding carboxylic acids is 1. The van der Waals surface area contributed by atoms with Crippen LogP contribution in [0, 0.1) is 0 Å². The smallest absolute Gasteiger partial charge is 0.249 e. The van der Waals surface area contributed by atoms with Crippen LogP contribution in [0.15, 0.2) is 41.1 Å². The standard InChI is InChI=1S/C7H5N3O/c1-5-3-2-4-6(5)7(11)9-10-8/h2-4H,1H2. The predicted octanol–water partition coefficient (Wildman–Crippen LogP) is 1.88. The Kier molecular flexibility index (Phi) is 1.90. The fraction of sp³-hybridized carbons (Fsp3) is 0. The lowest BCUT2D eigenvalue weighted by atomic mass is 10.1. The second kappa shape index (κ2) is 2.86. The minimum Gasteiger partial charge on any atom is -0.287 e. The molecule has 1 aliphatic carbocycles. The van der Waals surface area contributed by atoms with Crippen LogP contribution in [0.1, 0.15) is 0 Å². The van der Waals surface area contributed by atoms with Crippen molar-refractivity contribution in [1.29, 1.82) is 0 Å². The highest BCUT2D eigenvalue weighted by Gasteiger charge is 2.10. The number of allylic oxidation sites excluding steroid dienone is 3. The SMILES string of the molecule is C=C1C=CC=C1C(=O)N=[N+]=[N-]. The Hall–Kier alpha value is -1.80. The van der Waals surface area contributed by atoms with Gasteiger partial charge in [0.2, 0.25) is 5.91 Å².